The summed E-state index contributed by atoms with van der Waals surface area (Å²) in [6, 6.07) is 26.8. The molecular weight excluding hydrogens is 310 g/mol. The van der Waals surface area contributed by atoms with Gasteiger partial charge in [0.1, 0.15) is 0 Å². The molecule has 3 nitrogen and oxygen atoms in total. The number of nitrogens with one attached hydrogen (secondary N) is 1. The van der Waals surface area contributed by atoms with Crippen molar-refractivity contribution >= 4 is 11.6 Å². The van der Waals surface area contributed by atoms with Crippen LogP contribution in [0.5, 0.6) is 0 Å². The first-order chi connectivity index (χ1) is 12.1. The average molecular weight is 331 g/mol. The first kappa shape index (κ1) is 16.9. The number of amides is 1. The van der Waals surface area contributed by atoms with Gasteiger partial charge in [-0.1, -0.05) is 72.8 Å². The summed E-state index contributed by atoms with van der Waals surface area (Å²) in [7, 11) is 0. The van der Waals surface area contributed by atoms with E-state index >= 15 is 0 Å². The third kappa shape index (κ3) is 4.14. The van der Waals surface area contributed by atoms with Crippen LogP contribution < -0.4 is 5.32 Å². The van der Waals surface area contributed by atoms with Gasteiger partial charge in [0.05, 0.1) is 12.0 Å². The van der Waals surface area contributed by atoms with Crippen LogP contribution in [0.1, 0.15) is 35.6 Å². The highest BCUT2D eigenvalue weighted by Gasteiger charge is 2.22. The summed E-state index contributed by atoms with van der Waals surface area (Å²) >= 11 is 0. The zero-order valence-corrected chi connectivity index (χ0v) is 14.1. The molecule has 3 heteroatoms. The Bertz CT molecular complexity index is 772. The predicted octanol–water partition coefficient (Wildman–Crippen LogP) is 4.51. The molecule has 2 N–H and O–H groups in total. The minimum Gasteiger partial charge on any atom is -0.389 e. The zero-order valence-electron chi connectivity index (χ0n) is 14.1. The van der Waals surface area contributed by atoms with Crippen molar-refractivity contribution in [2.75, 3.05) is 5.32 Å². The van der Waals surface area contributed by atoms with Crippen LogP contribution in [0.3, 0.4) is 0 Å². The summed E-state index contributed by atoms with van der Waals surface area (Å²) in [5.74, 6) is -0.457. The Labute approximate surface area is 148 Å². The maximum absolute atomic E-state index is 13.0. The molecule has 0 saturated heterocycles. The highest BCUT2D eigenvalue weighted by atomic mass is 16.3. The molecule has 0 spiro atoms. The standard InChI is InChI=1S/C22H21NO2/c1-16(24)17-12-14-20(15-13-17)23-22(25)21(18-8-4-2-5-9-18)19-10-6-3-7-11-19/h2-16,21,24H,1H3,(H,23,25)/t16-/m1/s1. The minimum atomic E-state index is -0.522. The van der Waals surface area contributed by atoms with Crippen molar-refractivity contribution in [2.45, 2.75) is 18.9 Å². The molecule has 3 aromatic rings. The predicted molar refractivity (Wildman–Crippen MR) is 100 cm³/mol. The Morgan fingerprint density at radius 3 is 1.68 bits per heavy atom. The molecule has 0 heterocycles. The quantitative estimate of drug-likeness (QED) is 0.722. The molecule has 0 aliphatic heterocycles. The van der Waals surface area contributed by atoms with Gasteiger partial charge < -0.3 is 10.4 Å². The molecule has 0 saturated carbocycles. The number of aliphatic hydroxyl groups is 1. The Morgan fingerprint density at radius 2 is 1.24 bits per heavy atom. The summed E-state index contributed by atoms with van der Waals surface area (Å²) in [6.07, 6.45) is -0.522. The van der Waals surface area contributed by atoms with Crippen LogP contribution in [-0.2, 0) is 4.79 Å². The molecule has 0 fully saturated rings. The fourth-order valence-corrected chi connectivity index (χ4v) is 2.85. The van der Waals surface area contributed by atoms with Gasteiger partial charge in [0, 0.05) is 5.69 Å². The first-order valence-electron chi connectivity index (χ1n) is 8.34. The molecule has 0 unspecified atom stereocenters. The van der Waals surface area contributed by atoms with Crippen molar-refractivity contribution < 1.29 is 9.90 Å². The molecule has 0 bridgehead atoms. The largest absolute Gasteiger partial charge is 0.389 e. The number of benzene rings is 3. The lowest BCUT2D eigenvalue weighted by atomic mass is 9.90. The first-order valence-corrected chi connectivity index (χ1v) is 8.34. The second-order valence-electron chi connectivity index (χ2n) is 6.04. The zero-order chi connectivity index (χ0) is 17.6. The topological polar surface area (TPSA) is 49.3 Å². The van der Waals surface area contributed by atoms with E-state index in [0.717, 1.165) is 16.7 Å². The second-order valence-corrected chi connectivity index (χ2v) is 6.04. The van der Waals surface area contributed by atoms with E-state index < -0.39 is 6.10 Å². The van der Waals surface area contributed by atoms with Crippen molar-refractivity contribution in [3.63, 3.8) is 0 Å². The lowest BCUT2D eigenvalue weighted by Crippen LogP contribution is -2.22. The number of aliphatic hydroxyl groups excluding tert-OH is 1. The van der Waals surface area contributed by atoms with Crippen LogP contribution in [0.2, 0.25) is 0 Å². The smallest absolute Gasteiger partial charge is 0.236 e. The lowest BCUT2D eigenvalue weighted by molar-refractivity contribution is -0.116. The monoisotopic (exact) mass is 331 g/mol. The molecule has 1 atom stereocenters. The molecule has 3 aromatic carbocycles. The van der Waals surface area contributed by atoms with Crippen molar-refractivity contribution in [1.82, 2.24) is 0 Å². The summed E-state index contributed by atoms with van der Waals surface area (Å²) in [6.45, 7) is 1.72. The molecule has 126 valence electrons. The highest BCUT2D eigenvalue weighted by molar-refractivity contribution is 5.98. The summed E-state index contributed by atoms with van der Waals surface area (Å²) in [4.78, 5) is 13.0. The molecule has 1 amide bonds. The van der Waals surface area contributed by atoms with E-state index in [0.29, 0.717) is 5.69 Å². The summed E-state index contributed by atoms with van der Waals surface area (Å²) in [5.41, 5.74) is 3.44. The van der Waals surface area contributed by atoms with Crippen LogP contribution in [0.25, 0.3) is 0 Å². The van der Waals surface area contributed by atoms with Gasteiger partial charge in [-0.25, -0.2) is 0 Å². The Kier molecular flexibility index (Phi) is 5.26. The summed E-state index contributed by atoms with van der Waals surface area (Å²) < 4.78 is 0. The number of hydrogen-bond acceptors (Lipinski definition) is 2. The number of anilines is 1. The minimum absolute atomic E-state index is 0.0813. The number of carbonyl (C=O) groups is 1. The van der Waals surface area contributed by atoms with Crippen LogP contribution >= 0.6 is 0 Å². The maximum Gasteiger partial charge on any atom is 0.236 e. The van der Waals surface area contributed by atoms with E-state index in [2.05, 4.69) is 5.32 Å². The van der Waals surface area contributed by atoms with Gasteiger partial charge in [-0.05, 0) is 35.7 Å². The molecule has 0 aromatic heterocycles. The lowest BCUT2D eigenvalue weighted by Gasteiger charge is -2.18. The van der Waals surface area contributed by atoms with Crippen molar-refractivity contribution in [3.8, 4) is 0 Å². The maximum atomic E-state index is 13.0. The van der Waals surface area contributed by atoms with E-state index in [1.54, 1.807) is 6.92 Å². The fraction of sp³-hybridized carbons (Fsp3) is 0.136. The fourth-order valence-electron chi connectivity index (χ4n) is 2.85. The van der Waals surface area contributed by atoms with Crippen molar-refractivity contribution in [2.24, 2.45) is 0 Å². The third-order valence-corrected chi connectivity index (χ3v) is 4.19. The Balaban J connectivity index is 1.87. The Morgan fingerprint density at radius 1 is 0.760 bits per heavy atom. The SMILES string of the molecule is C[C@@H](O)c1ccc(NC(=O)C(c2ccccc2)c2ccccc2)cc1. The van der Waals surface area contributed by atoms with E-state index in [4.69, 9.17) is 0 Å². The van der Waals surface area contributed by atoms with Gasteiger partial charge in [0.25, 0.3) is 0 Å². The number of hydrogen-bond donors (Lipinski definition) is 2. The number of rotatable bonds is 5. The van der Waals surface area contributed by atoms with Crippen LogP contribution in [0.4, 0.5) is 5.69 Å². The number of carbonyl (C=O) groups excluding carboxylic acids is 1. The van der Waals surface area contributed by atoms with E-state index in [-0.39, 0.29) is 11.8 Å². The van der Waals surface area contributed by atoms with Crippen LogP contribution in [-0.4, -0.2) is 11.0 Å². The van der Waals surface area contributed by atoms with E-state index in [1.807, 2.05) is 84.9 Å². The van der Waals surface area contributed by atoms with Gasteiger partial charge in [-0.15, -0.1) is 0 Å². The van der Waals surface area contributed by atoms with Gasteiger partial charge >= 0.3 is 0 Å². The molecule has 3 rings (SSSR count). The van der Waals surface area contributed by atoms with Crippen molar-refractivity contribution in [1.29, 1.82) is 0 Å². The molecule has 0 aliphatic rings. The molecule has 0 radical (unpaired) electrons. The van der Waals surface area contributed by atoms with Crippen LogP contribution in [0.15, 0.2) is 84.9 Å². The molecule has 25 heavy (non-hydrogen) atoms. The normalized spacial score (nSPS) is 12.0. The van der Waals surface area contributed by atoms with Crippen molar-refractivity contribution in [3.05, 3.63) is 102 Å². The van der Waals surface area contributed by atoms with E-state index in [1.165, 1.54) is 0 Å². The second kappa shape index (κ2) is 7.77. The summed E-state index contributed by atoms with van der Waals surface area (Å²) in [5, 5.41) is 12.6. The van der Waals surface area contributed by atoms with Gasteiger partial charge in [0.2, 0.25) is 5.91 Å². The van der Waals surface area contributed by atoms with Gasteiger partial charge in [-0.2, -0.15) is 0 Å². The van der Waals surface area contributed by atoms with Gasteiger partial charge in [-0.3, -0.25) is 4.79 Å². The average Bonchev–Trinajstić information content (AvgIpc) is 2.64. The Hall–Kier alpha value is -2.91. The third-order valence-electron chi connectivity index (χ3n) is 4.19. The van der Waals surface area contributed by atoms with E-state index in [9.17, 15) is 9.90 Å². The highest BCUT2D eigenvalue weighted by Crippen LogP contribution is 2.26. The van der Waals surface area contributed by atoms with Gasteiger partial charge in [0.15, 0.2) is 0 Å². The molecule has 0 aliphatic carbocycles. The van der Waals surface area contributed by atoms with Crippen LogP contribution in [0, 0.1) is 0 Å². The molecular formula is C22H21NO2.